The van der Waals surface area contributed by atoms with Crippen molar-refractivity contribution in [3.8, 4) is 11.3 Å². The lowest BCUT2D eigenvalue weighted by Gasteiger charge is -2.51. The maximum Gasteiger partial charge on any atom is 0.287 e. The van der Waals surface area contributed by atoms with Crippen molar-refractivity contribution in [3.63, 3.8) is 0 Å². The van der Waals surface area contributed by atoms with Crippen LogP contribution in [0.1, 0.15) is 50.2 Å². The zero-order chi connectivity index (χ0) is 26.1. The maximum absolute atomic E-state index is 13.6. The summed E-state index contributed by atoms with van der Waals surface area (Å²) in [6.45, 7) is 8.44. The summed E-state index contributed by atoms with van der Waals surface area (Å²) >= 11 is 6.04. The van der Waals surface area contributed by atoms with E-state index in [4.69, 9.17) is 16.0 Å². The molecule has 0 bridgehead atoms. The minimum Gasteiger partial charge on any atom is -0.451 e. The van der Waals surface area contributed by atoms with E-state index < -0.39 is 23.0 Å². The minimum atomic E-state index is -1.10. The van der Waals surface area contributed by atoms with E-state index in [-0.39, 0.29) is 17.6 Å². The van der Waals surface area contributed by atoms with Gasteiger partial charge in [0.1, 0.15) is 11.8 Å². The number of aliphatic hydroxyl groups is 1. The lowest BCUT2D eigenvalue weighted by molar-refractivity contribution is -0.155. The van der Waals surface area contributed by atoms with Crippen molar-refractivity contribution in [2.45, 2.75) is 45.8 Å². The third-order valence-corrected chi connectivity index (χ3v) is 7.44. The van der Waals surface area contributed by atoms with Gasteiger partial charge in [0, 0.05) is 29.1 Å². The first-order chi connectivity index (χ1) is 17.0. The Morgan fingerprint density at radius 1 is 1.03 bits per heavy atom. The second kappa shape index (κ2) is 10.1. The summed E-state index contributed by atoms with van der Waals surface area (Å²) in [5.74, 6) is 0.0126. The van der Waals surface area contributed by atoms with E-state index in [2.05, 4.69) is 5.32 Å². The normalized spacial score (nSPS) is 20.2. The van der Waals surface area contributed by atoms with E-state index in [0.29, 0.717) is 30.3 Å². The van der Waals surface area contributed by atoms with Crippen LogP contribution in [0.15, 0.2) is 71.1 Å². The second-order valence-corrected chi connectivity index (χ2v) is 10.9. The Morgan fingerprint density at radius 3 is 2.31 bits per heavy atom. The average molecular weight is 509 g/mol. The van der Waals surface area contributed by atoms with Gasteiger partial charge in [0.15, 0.2) is 5.76 Å². The van der Waals surface area contributed by atoms with Crippen LogP contribution >= 0.6 is 11.6 Å². The van der Waals surface area contributed by atoms with Gasteiger partial charge in [-0.25, -0.2) is 0 Å². The number of piperidine rings is 1. The average Bonchev–Trinajstić information content (AvgIpc) is 3.35. The standard InChI is InChI=1S/C29H33ClN2O4/c1-19(2)25(31-26(33)24-15-14-23(36-24)20-8-6-5-7-9-20)27(34)32-17-16-29(35,28(3,4)18-32)21-10-12-22(30)13-11-21/h5-15,19,25,35H,16-18H2,1-4H3,(H,31,33)/t25-,29+/m1/s1. The van der Waals surface area contributed by atoms with Crippen LogP contribution in [0.3, 0.4) is 0 Å². The van der Waals surface area contributed by atoms with Crippen molar-refractivity contribution >= 4 is 23.4 Å². The van der Waals surface area contributed by atoms with Crippen molar-refractivity contribution in [1.82, 2.24) is 10.2 Å². The number of hydrogen-bond acceptors (Lipinski definition) is 4. The lowest BCUT2D eigenvalue weighted by Crippen LogP contribution is -2.60. The van der Waals surface area contributed by atoms with Crippen molar-refractivity contribution in [3.05, 3.63) is 83.1 Å². The number of benzene rings is 2. The van der Waals surface area contributed by atoms with Gasteiger partial charge in [-0.3, -0.25) is 9.59 Å². The summed E-state index contributed by atoms with van der Waals surface area (Å²) in [6.07, 6.45) is 0.380. The quantitative estimate of drug-likeness (QED) is 0.460. The van der Waals surface area contributed by atoms with E-state index in [9.17, 15) is 14.7 Å². The van der Waals surface area contributed by atoms with Gasteiger partial charge in [0.2, 0.25) is 5.91 Å². The molecular weight excluding hydrogens is 476 g/mol. The van der Waals surface area contributed by atoms with E-state index in [1.807, 2.05) is 70.2 Å². The Morgan fingerprint density at radius 2 is 1.69 bits per heavy atom. The summed E-state index contributed by atoms with van der Waals surface area (Å²) in [4.78, 5) is 28.3. The van der Waals surface area contributed by atoms with E-state index >= 15 is 0 Å². The van der Waals surface area contributed by atoms with Crippen molar-refractivity contribution in [1.29, 1.82) is 0 Å². The summed E-state index contributed by atoms with van der Waals surface area (Å²) in [6, 6.07) is 19.4. The molecule has 0 aliphatic carbocycles. The van der Waals surface area contributed by atoms with Gasteiger partial charge in [-0.05, 0) is 42.2 Å². The predicted molar refractivity (Wildman–Crippen MR) is 141 cm³/mol. The third-order valence-electron chi connectivity index (χ3n) is 7.19. The molecule has 1 saturated heterocycles. The molecule has 190 valence electrons. The number of amides is 2. The molecule has 1 aliphatic heterocycles. The molecule has 6 nitrogen and oxygen atoms in total. The first-order valence-corrected chi connectivity index (χ1v) is 12.6. The van der Waals surface area contributed by atoms with Crippen LogP contribution in [-0.4, -0.2) is 41.0 Å². The number of nitrogens with one attached hydrogen (secondary N) is 1. The van der Waals surface area contributed by atoms with Crippen LogP contribution in [0, 0.1) is 11.3 Å². The molecule has 1 aromatic heterocycles. The van der Waals surface area contributed by atoms with Crippen LogP contribution in [0.25, 0.3) is 11.3 Å². The number of nitrogens with zero attached hydrogens (tertiary/aromatic N) is 1. The molecule has 3 aromatic rings. The molecule has 2 amide bonds. The molecule has 1 aliphatic rings. The molecule has 0 radical (unpaired) electrons. The Kier molecular flexibility index (Phi) is 7.30. The molecule has 4 rings (SSSR count). The van der Waals surface area contributed by atoms with Gasteiger partial charge in [-0.2, -0.15) is 0 Å². The Bertz CT molecular complexity index is 1220. The van der Waals surface area contributed by atoms with Crippen LogP contribution in [0.5, 0.6) is 0 Å². The van der Waals surface area contributed by atoms with Crippen molar-refractivity contribution < 1.29 is 19.1 Å². The van der Waals surface area contributed by atoms with Crippen molar-refractivity contribution in [2.24, 2.45) is 11.3 Å². The number of hydrogen-bond donors (Lipinski definition) is 2. The maximum atomic E-state index is 13.6. The highest BCUT2D eigenvalue weighted by Gasteiger charge is 2.50. The van der Waals surface area contributed by atoms with Gasteiger partial charge in [0.05, 0.1) is 5.60 Å². The number of furan rings is 1. The highest BCUT2D eigenvalue weighted by atomic mass is 35.5. The minimum absolute atomic E-state index is 0.134. The molecule has 36 heavy (non-hydrogen) atoms. The van der Waals surface area contributed by atoms with Gasteiger partial charge in [-0.1, -0.05) is 81.8 Å². The molecule has 7 heteroatoms. The number of likely N-dealkylation sites (tertiary alicyclic amines) is 1. The summed E-state index contributed by atoms with van der Waals surface area (Å²) in [5, 5.41) is 15.1. The van der Waals surface area contributed by atoms with Gasteiger partial charge in [-0.15, -0.1) is 0 Å². The molecule has 0 spiro atoms. The molecule has 2 atom stereocenters. The molecule has 0 saturated carbocycles. The molecule has 1 fully saturated rings. The second-order valence-electron chi connectivity index (χ2n) is 10.5. The molecule has 2 heterocycles. The molecular formula is C29H33ClN2O4. The van der Waals surface area contributed by atoms with E-state index in [1.54, 1.807) is 29.2 Å². The zero-order valence-corrected chi connectivity index (χ0v) is 21.9. The van der Waals surface area contributed by atoms with Gasteiger partial charge < -0.3 is 19.7 Å². The Labute approximate surface area is 217 Å². The lowest BCUT2D eigenvalue weighted by atomic mass is 9.66. The van der Waals surface area contributed by atoms with Crippen molar-refractivity contribution in [2.75, 3.05) is 13.1 Å². The zero-order valence-electron chi connectivity index (χ0n) is 21.1. The first-order valence-electron chi connectivity index (χ1n) is 12.3. The third kappa shape index (κ3) is 5.06. The SMILES string of the molecule is CC(C)[C@@H](NC(=O)c1ccc(-c2ccccc2)o1)C(=O)N1CC[C@](O)(c2ccc(Cl)cc2)C(C)(C)C1. The molecule has 2 N–H and O–H groups in total. The Balaban J connectivity index is 1.48. The molecule has 2 aromatic carbocycles. The Hall–Kier alpha value is -3.09. The van der Waals surface area contributed by atoms with Gasteiger partial charge in [0.25, 0.3) is 5.91 Å². The predicted octanol–water partition coefficient (Wildman–Crippen LogP) is 5.50. The highest BCUT2D eigenvalue weighted by molar-refractivity contribution is 6.30. The fourth-order valence-corrected chi connectivity index (χ4v) is 5.04. The first kappa shape index (κ1) is 26.0. The van der Waals surface area contributed by atoms with Crippen LogP contribution in [-0.2, 0) is 10.4 Å². The number of rotatable bonds is 6. The largest absolute Gasteiger partial charge is 0.451 e. The fraction of sp³-hybridized carbons (Fsp3) is 0.379. The van der Waals surface area contributed by atoms with E-state index in [0.717, 1.165) is 11.1 Å². The highest BCUT2D eigenvalue weighted by Crippen LogP contribution is 2.46. The van der Waals surface area contributed by atoms with Crippen LogP contribution in [0.4, 0.5) is 0 Å². The summed E-state index contributed by atoms with van der Waals surface area (Å²) < 4.78 is 5.78. The smallest absolute Gasteiger partial charge is 0.287 e. The fourth-order valence-electron chi connectivity index (χ4n) is 4.91. The monoisotopic (exact) mass is 508 g/mol. The number of carbonyl (C=O) groups is 2. The van der Waals surface area contributed by atoms with Crippen LogP contribution < -0.4 is 5.32 Å². The van der Waals surface area contributed by atoms with Gasteiger partial charge >= 0.3 is 0 Å². The number of halogens is 1. The summed E-state index contributed by atoms with van der Waals surface area (Å²) in [7, 11) is 0. The van der Waals surface area contributed by atoms with E-state index in [1.165, 1.54) is 0 Å². The number of carbonyl (C=O) groups excluding carboxylic acids is 2. The molecule has 0 unspecified atom stereocenters. The van der Waals surface area contributed by atoms with Crippen LogP contribution in [0.2, 0.25) is 5.02 Å². The summed E-state index contributed by atoms with van der Waals surface area (Å²) in [5.41, 5.74) is -0.0692. The topological polar surface area (TPSA) is 82.8 Å².